The number of alkyl halides is 1. The Balaban J connectivity index is 1.91. The largest absolute Gasteiger partial charge is 0.244 e. The van der Waals surface area contributed by atoms with Gasteiger partial charge in [0, 0.05) is 5.02 Å². The molecular weight excluding hydrogens is 421 g/mol. The predicted molar refractivity (Wildman–Crippen MR) is 92.2 cm³/mol. The molecule has 3 rings (SSSR count). The zero-order valence-corrected chi connectivity index (χ0v) is 14.9. The van der Waals surface area contributed by atoms with E-state index < -0.39 is 10.0 Å². The van der Waals surface area contributed by atoms with E-state index in [-0.39, 0.29) is 10.1 Å². The van der Waals surface area contributed by atoms with Crippen molar-refractivity contribution in [2.45, 2.75) is 21.9 Å². The maximum atomic E-state index is 12.7. The minimum Gasteiger partial charge on any atom is -0.207 e. The Kier molecular flexibility index (Phi) is 4.02. The summed E-state index contributed by atoms with van der Waals surface area (Å²) in [5.74, 6) is 0. The Labute approximate surface area is 143 Å². The van der Waals surface area contributed by atoms with Crippen molar-refractivity contribution in [3.05, 3.63) is 64.7 Å². The van der Waals surface area contributed by atoms with E-state index in [4.69, 9.17) is 11.6 Å². The minimum absolute atomic E-state index is 0.0601. The van der Waals surface area contributed by atoms with Gasteiger partial charge in [0.15, 0.2) is 0 Å². The molecule has 0 aromatic heterocycles. The van der Waals surface area contributed by atoms with Crippen LogP contribution in [0.3, 0.4) is 0 Å². The van der Waals surface area contributed by atoms with Gasteiger partial charge in [0.1, 0.15) is 0 Å². The normalized spacial score (nSPS) is 24.8. The highest BCUT2D eigenvalue weighted by Gasteiger charge is 2.54. The van der Waals surface area contributed by atoms with E-state index >= 15 is 0 Å². The lowest BCUT2D eigenvalue weighted by molar-refractivity contribution is 0.553. The molecule has 1 unspecified atom stereocenters. The summed E-state index contributed by atoms with van der Waals surface area (Å²) in [7, 11) is -3.45. The first kappa shape index (κ1) is 15.3. The quantitative estimate of drug-likeness (QED) is 0.315. The first-order chi connectivity index (χ1) is 9.91. The standard InChI is InChI=1S/C15H13ClINO2S/c1-10-2-8-13(9-3-10)21(19,20)18-14(15(18)17)11-4-6-12(16)7-5-11/h2-9,14-15H,1H3/t14-,15-,18?/m1/s1. The monoisotopic (exact) mass is 433 g/mol. The SMILES string of the molecule is Cc1ccc(S(=O)(=O)N2[C@H](c3ccc(Cl)cc3)[C@@H]2I)cc1. The molecule has 1 heterocycles. The third-order valence-corrected chi connectivity index (χ3v) is 7.28. The molecule has 0 amide bonds. The van der Waals surface area contributed by atoms with Gasteiger partial charge >= 0.3 is 0 Å². The molecule has 110 valence electrons. The molecular formula is C15H13ClINO2S. The molecule has 3 atom stereocenters. The van der Waals surface area contributed by atoms with Crippen LogP contribution in [0, 0.1) is 6.92 Å². The number of aryl methyl sites for hydroxylation is 1. The molecule has 2 aromatic rings. The van der Waals surface area contributed by atoms with Crippen LogP contribution in [0.2, 0.25) is 5.02 Å². The average Bonchev–Trinajstić information content (AvgIpc) is 3.12. The van der Waals surface area contributed by atoms with E-state index in [2.05, 4.69) is 22.6 Å². The highest BCUT2D eigenvalue weighted by molar-refractivity contribution is 14.1. The van der Waals surface area contributed by atoms with Gasteiger partial charge in [0.25, 0.3) is 0 Å². The number of halogens is 2. The fourth-order valence-corrected chi connectivity index (χ4v) is 6.01. The van der Waals surface area contributed by atoms with E-state index in [9.17, 15) is 8.42 Å². The second-order valence-corrected chi connectivity index (χ2v) is 8.57. The molecule has 1 saturated heterocycles. The maximum Gasteiger partial charge on any atom is 0.244 e. The lowest BCUT2D eigenvalue weighted by atomic mass is 10.2. The highest BCUT2D eigenvalue weighted by atomic mass is 127. The number of nitrogens with zero attached hydrogens (tertiary/aromatic N) is 1. The lowest BCUT2D eigenvalue weighted by Gasteiger charge is -2.07. The predicted octanol–water partition coefficient (Wildman–Crippen LogP) is 4.16. The zero-order chi connectivity index (χ0) is 15.2. The average molecular weight is 434 g/mol. The van der Waals surface area contributed by atoms with Gasteiger partial charge in [0.2, 0.25) is 10.0 Å². The molecule has 6 heteroatoms. The molecule has 1 fully saturated rings. The first-order valence-electron chi connectivity index (χ1n) is 6.41. The summed E-state index contributed by atoms with van der Waals surface area (Å²) in [4.78, 5) is 0.339. The topological polar surface area (TPSA) is 37.1 Å². The van der Waals surface area contributed by atoms with Gasteiger partial charge in [-0.05, 0) is 36.8 Å². The lowest BCUT2D eigenvalue weighted by Crippen LogP contribution is -2.13. The smallest absolute Gasteiger partial charge is 0.207 e. The molecule has 1 aliphatic heterocycles. The van der Waals surface area contributed by atoms with E-state index in [1.807, 2.05) is 31.2 Å². The van der Waals surface area contributed by atoms with Crippen molar-refractivity contribution >= 4 is 44.2 Å². The van der Waals surface area contributed by atoms with Gasteiger partial charge in [-0.1, -0.05) is 64.0 Å². The van der Waals surface area contributed by atoms with Crippen LogP contribution in [-0.2, 0) is 10.0 Å². The second-order valence-electron chi connectivity index (χ2n) is 5.02. The number of hydrogen-bond acceptors (Lipinski definition) is 2. The van der Waals surface area contributed by atoms with Crippen LogP contribution in [0.15, 0.2) is 53.4 Å². The van der Waals surface area contributed by atoms with Gasteiger partial charge in [-0.3, -0.25) is 0 Å². The van der Waals surface area contributed by atoms with Crippen LogP contribution in [0.4, 0.5) is 0 Å². The molecule has 0 bridgehead atoms. The zero-order valence-electron chi connectivity index (χ0n) is 11.2. The van der Waals surface area contributed by atoms with Gasteiger partial charge < -0.3 is 0 Å². The molecule has 2 aromatic carbocycles. The fraction of sp³-hybridized carbons (Fsp3) is 0.200. The number of benzene rings is 2. The number of rotatable bonds is 3. The van der Waals surface area contributed by atoms with Gasteiger partial charge in [0.05, 0.1) is 15.0 Å². The van der Waals surface area contributed by atoms with E-state index in [1.165, 1.54) is 4.31 Å². The van der Waals surface area contributed by atoms with Crippen LogP contribution in [-0.4, -0.2) is 16.8 Å². The van der Waals surface area contributed by atoms with Gasteiger partial charge in [-0.2, -0.15) is 4.31 Å². The summed E-state index contributed by atoms with van der Waals surface area (Å²) in [6.07, 6.45) is 0. The molecule has 0 spiro atoms. The van der Waals surface area contributed by atoms with Crippen molar-refractivity contribution in [3.63, 3.8) is 0 Å². The Hall–Kier alpha value is -0.630. The molecule has 1 aliphatic rings. The van der Waals surface area contributed by atoms with E-state index in [1.54, 1.807) is 24.3 Å². The Bertz CT molecular complexity index is 759. The fourth-order valence-electron chi connectivity index (χ4n) is 2.26. The summed E-state index contributed by atoms with van der Waals surface area (Å²) in [6.45, 7) is 1.94. The van der Waals surface area contributed by atoms with Crippen molar-refractivity contribution in [1.82, 2.24) is 4.31 Å². The van der Waals surface area contributed by atoms with Crippen molar-refractivity contribution in [2.75, 3.05) is 0 Å². The van der Waals surface area contributed by atoms with Crippen LogP contribution in [0.5, 0.6) is 0 Å². The third-order valence-electron chi connectivity index (χ3n) is 3.50. The summed E-state index contributed by atoms with van der Waals surface area (Å²) >= 11 is 8.04. The first-order valence-corrected chi connectivity index (χ1v) is 9.47. The molecule has 0 saturated carbocycles. The minimum atomic E-state index is -3.45. The van der Waals surface area contributed by atoms with Crippen molar-refractivity contribution in [2.24, 2.45) is 0 Å². The number of sulfonamides is 1. The van der Waals surface area contributed by atoms with Crippen LogP contribution >= 0.6 is 34.2 Å². The van der Waals surface area contributed by atoms with Gasteiger partial charge in [-0.25, -0.2) is 8.42 Å². The van der Waals surface area contributed by atoms with Crippen molar-refractivity contribution < 1.29 is 8.42 Å². The Morgan fingerprint density at radius 1 is 1.05 bits per heavy atom. The van der Waals surface area contributed by atoms with Crippen LogP contribution in [0.1, 0.15) is 17.2 Å². The summed E-state index contributed by atoms with van der Waals surface area (Å²) in [6, 6.07) is 14.2. The number of hydrogen-bond donors (Lipinski definition) is 0. The molecule has 21 heavy (non-hydrogen) atoms. The van der Waals surface area contributed by atoms with Crippen LogP contribution in [0.25, 0.3) is 0 Å². The maximum absolute atomic E-state index is 12.7. The van der Waals surface area contributed by atoms with E-state index in [0.29, 0.717) is 9.92 Å². The van der Waals surface area contributed by atoms with Crippen LogP contribution < -0.4 is 0 Å². The Morgan fingerprint density at radius 2 is 1.62 bits per heavy atom. The second kappa shape index (κ2) is 5.53. The molecule has 0 N–H and O–H groups in total. The highest BCUT2D eigenvalue weighted by Crippen LogP contribution is 2.51. The third kappa shape index (κ3) is 2.84. The van der Waals surface area contributed by atoms with Crippen molar-refractivity contribution in [3.8, 4) is 0 Å². The molecule has 0 radical (unpaired) electrons. The summed E-state index contributed by atoms with van der Waals surface area (Å²) in [5, 5.41) is 0.650. The van der Waals surface area contributed by atoms with E-state index in [0.717, 1.165) is 11.1 Å². The summed E-state index contributed by atoms with van der Waals surface area (Å²) < 4.78 is 26.8. The molecule has 3 nitrogen and oxygen atoms in total. The van der Waals surface area contributed by atoms with Gasteiger partial charge in [-0.15, -0.1) is 0 Å². The van der Waals surface area contributed by atoms with Crippen molar-refractivity contribution in [1.29, 1.82) is 0 Å². The summed E-state index contributed by atoms with van der Waals surface area (Å²) in [5.41, 5.74) is 2.01. The Morgan fingerprint density at radius 3 is 2.19 bits per heavy atom. The molecule has 0 aliphatic carbocycles.